The zero-order valence-electron chi connectivity index (χ0n) is 10.1. The molecule has 0 spiro atoms. The molecular formula is C12H13N3O3. The Balaban J connectivity index is 2.29. The number of pyridine rings is 1. The predicted octanol–water partition coefficient (Wildman–Crippen LogP) is 3.06. The molecule has 6 nitrogen and oxygen atoms in total. The van der Waals surface area contributed by atoms with E-state index >= 15 is 0 Å². The van der Waals surface area contributed by atoms with E-state index in [1.165, 1.54) is 0 Å². The maximum Gasteiger partial charge on any atom is 0.314 e. The highest BCUT2D eigenvalue weighted by Crippen LogP contribution is 2.28. The van der Waals surface area contributed by atoms with Gasteiger partial charge in [-0.3, -0.25) is 10.1 Å². The molecule has 0 aliphatic rings. The van der Waals surface area contributed by atoms with Gasteiger partial charge in [-0.05, 0) is 32.0 Å². The van der Waals surface area contributed by atoms with Crippen molar-refractivity contribution in [1.82, 2.24) is 4.98 Å². The fraction of sp³-hybridized carbons (Fsp3) is 0.250. The molecule has 2 aromatic rings. The summed E-state index contributed by atoms with van der Waals surface area (Å²) in [4.78, 5) is 14.6. The second kappa shape index (κ2) is 4.87. The molecule has 1 unspecified atom stereocenters. The summed E-state index contributed by atoms with van der Waals surface area (Å²) >= 11 is 0. The first kappa shape index (κ1) is 12.1. The third-order valence-electron chi connectivity index (χ3n) is 2.63. The van der Waals surface area contributed by atoms with Gasteiger partial charge >= 0.3 is 5.69 Å². The zero-order valence-corrected chi connectivity index (χ0v) is 10.1. The Hall–Kier alpha value is -2.37. The summed E-state index contributed by atoms with van der Waals surface area (Å²) in [5.74, 6) is 0.955. The topological polar surface area (TPSA) is 81.2 Å². The van der Waals surface area contributed by atoms with Gasteiger partial charge in [0, 0.05) is 11.8 Å². The van der Waals surface area contributed by atoms with Crippen LogP contribution in [0.3, 0.4) is 0 Å². The molecule has 2 rings (SSSR count). The molecule has 94 valence electrons. The Morgan fingerprint density at radius 1 is 1.50 bits per heavy atom. The fourth-order valence-corrected chi connectivity index (χ4v) is 1.70. The molecule has 1 atom stereocenters. The highest BCUT2D eigenvalue weighted by molar-refractivity contribution is 5.60. The second-order valence-corrected chi connectivity index (χ2v) is 3.96. The molecule has 0 saturated carbocycles. The van der Waals surface area contributed by atoms with Crippen LogP contribution in [0.4, 0.5) is 11.5 Å². The normalized spacial score (nSPS) is 12.1. The van der Waals surface area contributed by atoms with Crippen molar-refractivity contribution < 1.29 is 9.34 Å². The summed E-state index contributed by atoms with van der Waals surface area (Å²) in [5.41, 5.74) is 0.569. The van der Waals surface area contributed by atoms with Crippen molar-refractivity contribution in [3.63, 3.8) is 0 Å². The van der Waals surface area contributed by atoms with E-state index in [4.69, 9.17) is 4.42 Å². The number of rotatable bonds is 4. The first-order valence-corrected chi connectivity index (χ1v) is 5.49. The van der Waals surface area contributed by atoms with Crippen molar-refractivity contribution in [2.75, 3.05) is 5.32 Å². The quantitative estimate of drug-likeness (QED) is 0.663. The lowest BCUT2D eigenvalue weighted by Crippen LogP contribution is -2.09. The molecular weight excluding hydrogens is 234 g/mol. The maximum absolute atomic E-state index is 11.0. The minimum Gasteiger partial charge on any atom is -0.467 e. The van der Waals surface area contributed by atoms with Crippen molar-refractivity contribution in [3.05, 3.63) is 52.1 Å². The van der Waals surface area contributed by atoms with E-state index in [1.807, 2.05) is 6.92 Å². The monoisotopic (exact) mass is 247 g/mol. The van der Waals surface area contributed by atoms with E-state index in [0.29, 0.717) is 11.3 Å². The molecule has 0 radical (unpaired) electrons. The van der Waals surface area contributed by atoms with Crippen LogP contribution in [0.2, 0.25) is 0 Å². The van der Waals surface area contributed by atoms with Crippen LogP contribution < -0.4 is 5.32 Å². The summed E-state index contributed by atoms with van der Waals surface area (Å²) in [5, 5.41) is 14.0. The molecule has 18 heavy (non-hydrogen) atoms. The molecule has 0 fully saturated rings. The maximum atomic E-state index is 11.0. The highest BCUT2D eigenvalue weighted by atomic mass is 16.6. The highest BCUT2D eigenvalue weighted by Gasteiger charge is 2.20. The molecule has 0 aliphatic heterocycles. The molecule has 0 aromatic carbocycles. The van der Waals surface area contributed by atoms with Crippen molar-refractivity contribution in [1.29, 1.82) is 0 Å². The second-order valence-electron chi connectivity index (χ2n) is 3.96. The van der Waals surface area contributed by atoms with Gasteiger partial charge in [0.2, 0.25) is 5.82 Å². The Kier molecular flexibility index (Phi) is 3.27. The molecule has 0 aliphatic carbocycles. The van der Waals surface area contributed by atoms with Crippen LogP contribution in [0.25, 0.3) is 0 Å². The van der Waals surface area contributed by atoms with Gasteiger partial charge in [0.1, 0.15) is 5.76 Å². The van der Waals surface area contributed by atoms with Crippen LogP contribution in [0, 0.1) is 17.0 Å². The number of hydrogen-bond donors (Lipinski definition) is 1. The van der Waals surface area contributed by atoms with E-state index in [9.17, 15) is 10.1 Å². The smallest absolute Gasteiger partial charge is 0.314 e. The number of anilines is 1. The lowest BCUT2D eigenvalue weighted by molar-refractivity contribution is -0.384. The van der Waals surface area contributed by atoms with Gasteiger partial charge in [-0.1, -0.05) is 0 Å². The summed E-state index contributed by atoms with van der Waals surface area (Å²) in [6.07, 6.45) is 3.10. The Morgan fingerprint density at radius 2 is 2.28 bits per heavy atom. The van der Waals surface area contributed by atoms with Crippen LogP contribution in [-0.2, 0) is 0 Å². The zero-order chi connectivity index (χ0) is 13.1. The average Bonchev–Trinajstić information content (AvgIpc) is 2.81. The Labute approximate surface area is 104 Å². The van der Waals surface area contributed by atoms with E-state index in [-0.39, 0.29) is 17.5 Å². The third kappa shape index (κ3) is 2.32. The van der Waals surface area contributed by atoms with Crippen LogP contribution in [0.1, 0.15) is 24.3 Å². The molecule has 0 amide bonds. The van der Waals surface area contributed by atoms with Crippen LogP contribution >= 0.6 is 0 Å². The largest absolute Gasteiger partial charge is 0.467 e. The standard InChI is InChI=1S/C12H13N3O3/c1-8-5-6-13-12(11(8)15(16)17)14-9(2)10-4-3-7-18-10/h3-7,9H,1-2H3,(H,13,14). The molecule has 2 heterocycles. The minimum absolute atomic E-state index is 0.00379. The van der Waals surface area contributed by atoms with Crippen LogP contribution in [-0.4, -0.2) is 9.91 Å². The van der Waals surface area contributed by atoms with Gasteiger partial charge in [0.05, 0.1) is 17.2 Å². The lowest BCUT2D eigenvalue weighted by Gasteiger charge is -2.12. The van der Waals surface area contributed by atoms with Crippen LogP contribution in [0.5, 0.6) is 0 Å². The number of furan rings is 1. The van der Waals surface area contributed by atoms with Crippen molar-refractivity contribution in [2.24, 2.45) is 0 Å². The van der Waals surface area contributed by atoms with Crippen molar-refractivity contribution >= 4 is 11.5 Å². The molecule has 0 bridgehead atoms. The van der Waals surface area contributed by atoms with Gasteiger partial charge in [-0.15, -0.1) is 0 Å². The number of hydrogen-bond acceptors (Lipinski definition) is 5. The Morgan fingerprint density at radius 3 is 2.89 bits per heavy atom. The average molecular weight is 247 g/mol. The first-order valence-electron chi connectivity index (χ1n) is 5.49. The number of nitrogens with zero attached hydrogens (tertiary/aromatic N) is 2. The molecule has 6 heteroatoms. The van der Waals surface area contributed by atoms with E-state index in [2.05, 4.69) is 10.3 Å². The van der Waals surface area contributed by atoms with E-state index in [0.717, 1.165) is 0 Å². The Bertz CT molecular complexity index is 552. The predicted molar refractivity (Wildman–Crippen MR) is 66.4 cm³/mol. The number of nitrogens with one attached hydrogen (secondary N) is 1. The lowest BCUT2D eigenvalue weighted by atomic mass is 10.2. The van der Waals surface area contributed by atoms with Gasteiger partial charge in [0.15, 0.2) is 0 Å². The van der Waals surface area contributed by atoms with Gasteiger partial charge in [0.25, 0.3) is 0 Å². The number of aryl methyl sites for hydroxylation is 1. The van der Waals surface area contributed by atoms with Gasteiger partial charge < -0.3 is 9.73 Å². The molecule has 0 saturated heterocycles. The van der Waals surface area contributed by atoms with E-state index < -0.39 is 4.92 Å². The van der Waals surface area contributed by atoms with Gasteiger partial charge in [-0.2, -0.15) is 0 Å². The minimum atomic E-state index is -0.431. The summed E-state index contributed by atoms with van der Waals surface area (Å²) in [6, 6.07) is 5.00. The molecule has 2 aromatic heterocycles. The van der Waals surface area contributed by atoms with E-state index in [1.54, 1.807) is 37.6 Å². The van der Waals surface area contributed by atoms with Gasteiger partial charge in [-0.25, -0.2) is 4.98 Å². The number of nitro groups is 1. The third-order valence-corrected chi connectivity index (χ3v) is 2.63. The summed E-state index contributed by atoms with van der Waals surface area (Å²) < 4.78 is 5.24. The fourth-order valence-electron chi connectivity index (χ4n) is 1.70. The van der Waals surface area contributed by atoms with Crippen LogP contribution in [0.15, 0.2) is 35.1 Å². The SMILES string of the molecule is Cc1ccnc(NC(C)c2ccco2)c1[N+](=O)[O-]. The van der Waals surface area contributed by atoms with Crippen molar-refractivity contribution in [2.45, 2.75) is 19.9 Å². The first-order chi connectivity index (χ1) is 8.59. The van der Waals surface area contributed by atoms with Crippen molar-refractivity contribution in [3.8, 4) is 0 Å². The number of aromatic nitrogens is 1. The molecule has 1 N–H and O–H groups in total. The summed E-state index contributed by atoms with van der Waals surface area (Å²) in [7, 11) is 0. The summed E-state index contributed by atoms with van der Waals surface area (Å²) in [6.45, 7) is 3.54.